The highest BCUT2D eigenvalue weighted by Gasteiger charge is 2.21. The van der Waals surface area contributed by atoms with Crippen LogP contribution in [0.3, 0.4) is 0 Å². The number of aromatic amines is 1. The summed E-state index contributed by atoms with van der Waals surface area (Å²) in [5, 5.41) is 26.1. The molecule has 0 unspecified atom stereocenters. The van der Waals surface area contributed by atoms with E-state index in [0.29, 0.717) is 21.7 Å². The van der Waals surface area contributed by atoms with Gasteiger partial charge in [0.2, 0.25) is 0 Å². The Morgan fingerprint density at radius 2 is 1.88 bits per heavy atom. The number of carboxylic acid groups (broad SMARTS) is 1. The number of rotatable bonds is 8. The molecule has 1 atom stereocenters. The van der Waals surface area contributed by atoms with Crippen LogP contribution >= 0.6 is 11.6 Å². The van der Waals surface area contributed by atoms with Gasteiger partial charge in [-0.3, -0.25) is 15.0 Å². The van der Waals surface area contributed by atoms with E-state index in [1.807, 2.05) is 0 Å². The van der Waals surface area contributed by atoms with E-state index >= 15 is 0 Å². The summed E-state index contributed by atoms with van der Waals surface area (Å²) in [5.41, 5.74) is 3.40. The molecule has 1 aromatic heterocycles. The third kappa shape index (κ3) is 5.97. The largest absolute Gasteiger partial charge is 0.479 e. The van der Waals surface area contributed by atoms with Crippen molar-refractivity contribution in [2.75, 3.05) is 6.54 Å². The Labute approximate surface area is 186 Å². The molecule has 0 aliphatic heterocycles. The number of carbonyl (C=O) groups is 2. The second-order valence-electron chi connectivity index (χ2n) is 6.80. The summed E-state index contributed by atoms with van der Waals surface area (Å²) in [6, 6.07) is 13.2. The van der Waals surface area contributed by atoms with Gasteiger partial charge in [-0.25, -0.2) is 19.3 Å². The maximum Gasteiger partial charge on any atom is 0.333 e. The summed E-state index contributed by atoms with van der Waals surface area (Å²) in [4.78, 5) is 34.6. The lowest BCUT2D eigenvalue weighted by atomic mass is 10.0. The van der Waals surface area contributed by atoms with Crippen LogP contribution in [0.1, 0.15) is 16.1 Å². The van der Waals surface area contributed by atoms with Gasteiger partial charge < -0.3 is 10.2 Å². The fraction of sp³-hybridized carbons (Fsp3) is 0.143. The lowest BCUT2D eigenvalue weighted by Crippen LogP contribution is -2.47. The van der Waals surface area contributed by atoms with E-state index in [1.54, 1.807) is 24.3 Å². The van der Waals surface area contributed by atoms with E-state index < -0.39 is 35.9 Å². The lowest BCUT2D eigenvalue weighted by molar-refractivity contribution is -0.148. The molecule has 0 radical (unpaired) electrons. The van der Waals surface area contributed by atoms with Crippen LogP contribution in [0.25, 0.3) is 11.1 Å². The second kappa shape index (κ2) is 10.1. The minimum absolute atomic E-state index is 0.0255. The highest BCUT2D eigenvalue weighted by Crippen LogP contribution is 2.26. The normalized spacial score (nSPS) is 11.9. The monoisotopic (exact) mass is 460 g/mol. The van der Waals surface area contributed by atoms with Crippen molar-refractivity contribution in [3.63, 3.8) is 0 Å². The van der Waals surface area contributed by atoms with E-state index in [1.165, 1.54) is 29.3 Å². The zero-order valence-corrected chi connectivity index (χ0v) is 17.2. The van der Waals surface area contributed by atoms with Crippen molar-refractivity contribution in [3.8, 4) is 11.1 Å². The molecule has 3 rings (SSSR count). The Bertz CT molecular complexity index is 1170. The zero-order chi connectivity index (χ0) is 23.3. The summed E-state index contributed by atoms with van der Waals surface area (Å²) in [5.74, 6) is -2.61. The summed E-state index contributed by atoms with van der Waals surface area (Å²) < 4.78 is 14.1. The summed E-state index contributed by atoms with van der Waals surface area (Å²) in [7, 11) is 0. The molecule has 1 heterocycles. The minimum Gasteiger partial charge on any atom is -0.479 e. The Balaban J connectivity index is 1.78. The van der Waals surface area contributed by atoms with Crippen molar-refractivity contribution >= 4 is 23.5 Å². The average Bonchev–Trinajstić information content (AvgIpc) is 2.76. The maximum absolute atomic E-state index is 14.1. The number of hydrogen-bond acceptors (Lipinski definition) is 6. The standard InChI is InChI=1S/C21H18ClFN4O5/c22-14-5-6-16(23)15(9-14)13-3-1-12(2-4-13)10-27(11-18(28)21(31)32)26-20(30)17-7-8-19(29)25-24-17/h1-9,18,28H,10-11H2,(H,25,29)(H,26,30)(H,31,32)/t18-/m1/s1. The predicted octanol–water partition coefficient (Wildman–Crippen LogP) is 1.82. The van der Waals surface area contributed by atoms with E-state index in [-0.39, 0.29) is 12.2 Å². The van der Waals surface area contributed by atoms with Crippen LogP contribution in [-0.2, 0) is 11.3 Å². The summed E-state index contributed by atoms with van der Waals surface area (Å²) >= 11 is 5.94. The van der Waals surface area contributed by atoms with Crippen LogP contribution in [0, 0.1) is 5.82 Å². The van der Waals surface area contributed by atoms with Gasteiger partial charge in [-0.2, -0.15) is 5.10 Å². The van der Waals surface area contributed by atoms with Crippen LogP contribution in [0.2, 0.25) is 5.02 Å². The third-order valence-corrected chi connectivity index (χ3v) is 4.65. The van der Waals surface area contributed by atoms with Gasteiger partial charge in [0.15, 0.2) is 6.10 Å². The first-order valence-electron chi connectivity index (χ1n) is 9.30. The summed E-state index contributed by atoms with van der Waals surface area (Å²) in [6.07, 6.45) is -1.77. The van der Waals surface area contributed by atoms with E-state index in [4.69, 9.17) is 16.7 Å². The lowest BCUT2D eigenvalue weighted by Gasteiger charge is -2.24. The highest BCUT2D eigenvalue weighted by atomic mass is 35.5. The van der Waals surface area contributed by atoms with Crippen LogP contribution < -0.4 is 11.0 Å². The number of H-pyrrole nitrogens is 1. The zero-order valence-electron chi connectivity index (χ0n) is 16.5. The van der Waals surface area contributed by atoms with Crippen molar-refractivity contribution in [2.45, 2.75) is 12.6 Å². The molecule has 0 bridgehead atoms. The first-order chi connectivity index (χ1) is 15.2. The fourth-order valence-corrected chi connectivity index (χ4v) is 3.01. The first-order valence-corrected chi connectivity index (χ1v) is 9.67. The molecule has 32 heavy (non-hydrogen) atoms. The van der Waals surface area contributed by atoms with Crippen LogP contribution in [-0.4, -0.2) is 49.9 Å². The molecule has 0 fully saturated rings. The topological polar surface area (TPSA) is 136 Å². The molecule has 0 spiro atoms. The first kappa shape index (κ1) is 23.1. The molecule has 0 aliphatic rings. The molecule has 0 saturated heterocycles. The molecule has 9 nitrogen and oxygen atoms in total. The summed E-state index contributed by atoms with van der Waals surface area (Å²) in [6.45, 7) is -0.396. The number of carboxylic acids is 1. The number of carbonyl (C=O) groups excluding carboxylic acids is 1. The van der Waals surface area contributed by atoms with Gasteiger partial charge in [-0.05, 0) is 35.4 Å². The van der Waals surface area contributed by atoms with Gasteiger partial charge in [-0.15, -0.1) is 0 Å². The number of amides is 1. The number of halogens is 2. The van der Waals surface area contributed by atoms with Crippen molar-refractivity contribution in [3.05, 3.63) is 87.0 Å². The smallest absolute Gasteiger partial charge is 0.333 e. The van der Waals surface area contributed by atoms with Gasteiger partial charge in [0.25, 0.3) is 11.5 Å². The van der Waals surface area contributed by atoms with Crippen molar-refractivity contribution < 1.29 is 24.2 Å². The SMILES string of the molecule is O=C(NN(Cc1ccc(-c2cc(Cl)ccc2F)cc1)C[C@@H](O)C(=O)O)c1ccc(=O)[nH]n1. The van der Waals surface area contributed by atoms with E-state index in [9.17, 15) is 23.9 Å². The number of hydrazine groups is 1. The quantitative estimate of drug-likeness (QED) is 0.376. The molecule has 11 heteroatoms. The Morgan fingerprint density at radius 1 is 1.16 bits per heavy atom. The number of nitrogens with zero attached hydrogens (tertiary/aromatic N) is 2. The Hall–Kier alpha value is -3.60. The fourth-order valence-electron chi connectivity index (χ4n) is 2.84. The van der Waals surface area contributed by atoms with Crippen molar-refractivity contribution in [1.29, 1.82) is 0 Å². The number of aliphatic hydroxyl groups is 1. The second-order valence-corrected chi connectivity index (χ2v) is 7.24. The molecule has 166 valence electrons. The van der Waals surface area contributed by atoms with Crippen molar-refractivity contribution in [2.24, 2.45) is 0 Å². The van der Waals surface area contributed by atoms with Crippen LogP contribution in [0.15, 0.2) is 59.4 Å². The molecule has 0 saturated carbocycles. The molecule has 1 amide bonds. The van der Waals surface area contributed by atoms with Gasteiger partial charge in [0.1, 0.15) is 11.5 Å². The number of aromatic nitrogens is 2. The molecular weight excluding hydrogens is 443 g/mol. The Morgan fingerprint density at radius 3 is 2.50 bits per heavy atom. The van der Waals surface area contributed by atoms with Gasteiger partial charge >= 0.3 is 5.97 Å². The molecule has 4 N–H and O–H groups in total. The number of aliphatic hydroxyl groups excluding tert-OH is 1. The maximum atomic E-state index is 14.1. The molecule has 2 aromatic carbocycles. The van der Waals surface area contributed by atoms with Crippen molar-refractivity contribution in [1.82, 2.24) is 20.6 Å². The number of aliphatic carboxylic acids is 1. The average molecular weight is 461 g/mol. The number of benzene rings is 2. The predicted molar refractivity (Wildman–Crippen MR) is 113 cm³/mol. The molecular formula is C21H18ClFN4O5. The van der Waals surface area contributed by atoms with E-state index in [0.717, 1.165) is 6.07 Å². The minimum atomic E-state index is -1.77. The van der Waals surface area contributed by atoms with E-state index in [2.05, 4.69) is 15.6 Å². The van der Waals surface area contributed by atoms with Crippen LogP contribution in [0.4, 0.5) is 4.39 Å². The molecule has 3 aromatic rings. The van der Waals surface area contributed by atoms with Crippen LogP contribution in [0.5, 0.6) is 0 Å². The number of hydrogen-bond donors (Lipinski definition) is 4. The van der Waals surface area contributed by atoms with Gasteiger partial charge in [0, 0.05) is 23.2 Å². The highest BCUT2D eigenvalue weighted by molar-refractivity contribution is 6.30. The number of nitrogens with one attached hydrogen (secondary N) is 2. The van der Waals surface area contributed by atoms with Gasteiger partial charge in [0.05, 0.1) is 6.54 Å². The Kier molecular flexibility index (Phi) is 7.31. The molecule has 0 aliphatic carbocycles. The third-order valence-electron chi connectivity index (χ3n) is 4.42. The van der Waals surface area contributed by atoms with Gasteiger partial charge in [-0.1, -0.05) is 35.9 Å².